The molecule has 2 rings (SSSR count). The smallest absolute Gasteiger partial charge is 0.331 e. The van der Waals surface area contributed by atoms with Gasteiger partial charge in [0.15, 0.2) is 0 Å². The Hall–Kier alpha value is -2.45. The van der Waals surface area contributed by atoms with Gasteiger partial charge in [0.2, 0.25) is 10.0 Å². The molecule has 1 aromatic rings. The molecule has 0 heterocycles. The molecule has 0 bridgehead atoms. The standard InChI is InChI=1S/C15H15NO6S/c1-15(14(19)20)7-9(6-10(8-15)13(17)18)11-4-2-3-5-12(11)23(16,21)22/h2-7H,8H2,1H3,(H,17,18)(H,19,20)(H2,16,21,22). The first-order valence-corrected chi connectivity index (χ1v) is 8.11. The molecule has 8 heteroatoms. The molecule has 122 valence electrons. The van der Waals surface area contributed by atoms with Crippen LogP contribution in [0.1, 0.15) is 18.9 Å². The summed E-state index contributed by atoms with van der Waals surface area (Å²) in [7, 11) is -4.04. The maximum Gasteiger partial charge on any atom is 0.331 e. The average Bonchev–Trinajstić information content (AvgIpc) is 2.45. The van der Waals surface area contributed by atoms with E-state index in [1.54, 1.807) is 6.07 Å². The fourth-order valence-corrected chi connectivity index (χ4v) is 3.21. The number of carbonyl (C=O) groups is 2. The van der Waals surface area contributed by atoms with Crippen LogP contribution in [-0.4, -0.2) is 30.6 Å². The van der Waals surface area contributed by atoms with Crippen LogP contribution in [0.2, 0.25) is 0 Å². The Balaban J connectivity index is 2.73. The number of carboxylic acids is 2. The Bertz CT molecular complexity index is 852. The number of nitrogens with two attached hydrogens (primary N) is 1. The van der Waals surface area contributed by atoms with Crippen LogP contribution < -0.4 is 5.14 Å². The molecule has 1 aliphatic carbocycles. The largest absolute Gasteiger partial charge is 0.481 e. The molecule has 1 aliphatic rings. The molecule has 0 radical (unpaired) electrons. The second kappa shape index (κ2) is 5.64. The van der Waals surface area contributed by atoms with Gasteiger partial charge in [-0.2, -0.15) is 0 Å². The van der Waals surface area contributed by atoms with E-state index in [-0.39, 0.29) is 28.0 Å². The maximum absolute atomic E-state index is 11.7. The summed E-state index contributed by atoms with van der Waals surface area (Å²) in [5.74, 6) is -2.45. The molecule has 7 nitrogen and oxygen atoms in total. The van der Waals surface area contributed by atoms with E-state index >= 15 is 0 Å². The summed E-state index contributed by atoms with van der Waals surface area (Å²) in [5, 5.41) is 23.8. The second-order valence-electron chi connectivity index (χ2n) is 5.51. The molecule has 0 aromatic heterocycles. The first-order chi connectivity index (χ1) is 10.5. The molecule has 4 N–H and O–H groups in total. The minimum Gasteiger partial charge on any atom is -0.481 e. The minimum absolute atomic E-state index is 0.114. The fraction of sp³-hybridized carbons (Fsp3) is 0.200. The molecular weight excluding hydrogens is 322 g/mol. The van der Waals surface area contributed by atoms with Crippen molar-refractivity contribution in [3.8, 4) is 0 Å². The zero-order valence-electron chi connectivity index (χ0n) is 12.2. The van der Waals surface area contributed by atoms with Gasteiger partial charge in [0.1, 0.15) is 0 Å². The molecule has 0 spiro atoms. The zero-order chi connectivity index (χ0) is 17.4. The van der Waals surface area contributed by atoms with Crippen LogP contribution in [0, 0.1) is 5.41 Å². The third-order valence-corrected chi connectivity index (χ3v) is 4.60. The molecule has 0 saturated heterocycles. The lowest BCUT2D eigenvalue weighted by Gasteiger charge is -2.27. The van der Waals surface area contributed by atoms with E-state index in [1.165, 1.54) is 37.3 Å². The van der Waals surface area contributed by atoms with E-state index in [2.05, 4.69) is 0 Å². The molecule has 1 unspecified atom stereocenters. The van der Waals surface area contributed by atoms with E-state index in [0.29, 0.717) is 0 Å². The van der Waals surface area contributed by atoms with Gasteiger partial charge in [-0.1, -0.05) is 24.3 Å². The quantitative estimate of drug-likeness (QED) is 0.756. The van der Waals surface area contributed by atoms with E-state index in [1.807, 2.05) is 0 Å². The van der Waals surface area contributed by atoms with Crippen molar-refractivity contribution in [1.29, 1.82) is 0 Å². The van der Waals surface area contributed by atoms with Crippen LogP contribution in [0.3, 0.4) is 0 Å². The van der Waals surface area contributed by atoms with E-state index < -0.39 is 27.4 Å². The normalized spacial score (nSPS) is 21.3. The first-order valence-electron chi connectivity index (χ1n) is 6.57. The number of carboxylic acid groups (broad SMARTS) is 2. The third kappa shape index (κ3) is 3.33. The predicted octanol–water partition coefficient (Wildman–Crippen LogP) is 1.22. The number of sulfonamides is 1. The molecule has 23 heavy (non-hydrogen) atoms. The average molecular weight is 337 g/mol. The Morgan fingerprint density at radius 3 is 2.35 bits per heavy atom. The van der Waals surface area contributed by atoms with Gasteiger partial charge in [-0.3, -0.25) is 4.79 Å². The Morgan fingerprint density at radius 1 is 1.22 bits per heavy atom. The molecule has 0 amide bonds. The number of rotatable bonds is 4. The number of aliphatic carboxylic acids is 2. The van der Waals surface area contributed by atoms with Crippen molar-refractivity contribution >= 4 is 27.5 Å². The lowest BCUT2D eigenvalue weighted by Crippen LogP contribution is -2.29. The summed E-state index contributed by atoms with van der Waals surface area (Å²) in [6.07, 6.45) is 2.43. The van der Waals surface area contributed by atoms with Gasteiger partial charge in [0.05, 0.1) is 10.3 Å². The number of benzene rings is 1. The Morgan fingerprint density at radius 2 is 1.83 bits per heavy atom. The van der Waals surface area contributed by atoms with Crippen LogP contribution in [0.4, 0.5) is 0 Å². The summed E-state index contributed by atoms with van der Waals surface area (Å²) < 4.78 is 23.4. The number of primary sulfonamides is 1. The maximum atomic E-state index is 11.7. The van der Waals surface area contributed by atoms with Crippen LogP contribution in [0.25, 0.3) is 5.57 Å². The van der Waals surface area contributed by atoms with Gasteiger partial charge < -0.3 is 10.2 Å². The van der Waals surface area contributed by atoms with Gasteiger partial charge in [-0.15, -0.1) is 0 Å². The number of hydrogen-bond acceptors (Lipinski definition) is 4. The van der Waals surface area contributed by atoms with Gasteiger partial charge in [0, 0.05) is 11.1 Å². The molecule has 1 atom stereocenters. The number of hydrogen-bond donors (Lipinski definition) is 3. The summed E-state index contributed by atoms with van der Waals surface area (Å²) in [5.41, 5.74) is -1.20. The number of allylic oxidation sites excluding steroid dienone is 2. The Kier molecular flexibility index (Phi) is 4.14. The van der Waals surface area contributed by atoms with E-state index in [0.717, 1.165) is 0 Å². The topological polar surface area (TPSA) is 135 Å². The zero-order valence-corrected chi connectivity index (χ0v) is 13.0. The fourth-order valence-electron chi connectivity index (χ4n) is 2.45. The van der Waals surface area contributed by atoms with Crippen LogP contribution in [-0.2, 0) is 19.6 Å². The molecular formula is C15H15NO6S. The van der Waals surface area contributed by atoms with E-state index in [4.69, 9.17) is 5.14 Å². The van der Waals surface area contributed by atoms with Gasteiger partial charge in [-0.05, 0) is 31.1 Å². The monoisotopic (exact) mass is 337 g/mol. The third-order valence-electron chi connectivity index (χ3n) is 3.63. The highest BCUT2D eigenvalue weighted by molar-refractivity contribution is 7.89. The highest BCUT2D eigenvalue weighted by Crippen LogP contribution is 2.39. The molecule has 0 fully saturated rings. The predicted molar refractivity (Wildman–Crippen MR) is 81.9 cm³/mol. The molecule has 0 saturated carbocycles. The SMILES string of the molecule is CC1(C(=O)O)C=C(c2ccccc2S(N)(=O)=O)C=C(C(=O)O)C1. The Labute approximate surface area is 132 Å². The first kappa shape index (κ1) is 16.9. The lowest BCUT2D eigenvalue weighted by atomic mass is 9.76. The van der Waals surface area contributed by atoms with Crippen LogP contribution >= 0.6 is 0 Å². The van der Waals surface area contributed by atoms with Crippen LogP contribution in [0.5, 0.6) is 0 Å². The van der Waals surface area contributed by atoms with Gasteiger partial charge in [0.25, 0.3) is 0 Å². The lowest BCUT2D eigenvalue weighted by molar-refractivity contribution is -0.145. The van der Waals surface area contributed by atoms with Crippen molar-refractivity contribution in [2.24, 2.45) is 10.6 Å². The molecule has 1 aromatic carbocycles. The highest BCUT2D eigenvalue weighted by atomic mass is 32.2. The van der Waals surface area contributed by atoms with Crippen molar-refractivity contribution in [3.63, 3.8) is 0 Å². The summed E-state index contributed by atoms with van der Waals surface area (Å²) >= 11 is 0. The second-order valence-corrected chi connectivity index (χ2v) is 7.04. The summed E-state index contributed by atoms with van der Waals surface area (Å²) in [6, 6.07) is 5.78. The van der Waals surface area contributed by atoms with Crippen molar-refractivity contribution in [2.45, 2.75) is 18.2 Å². The van der Waals surface area contributed by atoms with Crippen molar-refractivity contribution in [3.05, 3.63) is 47.6 Å². The van der Waals surface area contributed by atoms with Gasteiger partial charge >= 0.3 is 11.9 Å². The highest BCUT2D eigenvalue weighted by Gasteiger charge is 2.37. The summed E-state index contributed by atoms with van der Waals surface area (Å²) in [4.78, 5) is 22.6. The summed E-state index contributed by atoms with van der Waals surface area (Å²) in [6.45, 7) is 1.38. The molecule has 0 aliphatic heterocycles. The van der Waals surface area contributed by atoms with Crippen molar-refractivity contribution in [2.75, 3.05) is 0 Å². The van der Waals surface area contributed by atoms with Crippen molar-refractivity contribution < 1.29 is 28.2 Å². The minimum atomic E-state index is -4.04. The van der Waals surface area contributed by atoms with Gasteiger partial charge in [-0.25, -0.2) is 18.4 Å². The van der Waals surface area contributed by atoms with Crippen LogP contribution in [0.15, 0.2) is 46.9 Å². The van der Waals surface area contributed by atoms with E-state index in [9.17, 15) is 28.2 Å². The van der Waals surface area contributed by atoms with Crippen molar-refractivity contribution in [1.82, 2.24) is 0 Å².